The molecule has 131 valence electrons. The molecule has 2 aromatic carbocycles. The van der Waals surface area contributed by atoms with E-state index in [9.17, 15) is 4.79 Å². The number of benzene rings is 2. The minimum Gasteiger partial charge on any atom is -0.497 e. The van der Waals surface area contributed by atoms with E-state index in [2.05, 4.69) is 6.42 Å². The van der Waals surface area contributed by atoms with Gasteiger partial charge in [-0.1, -0.05) is 0 Å². The van der Waals surface area contributed by atoms with Crippen LogP contribution in [0, 0.1) is 12.3 Å². The molecule has 1 saturated carbocycles. The highest BCUT2D eigenvalue weighted by Crippen LogP contribution is 2.25. The molecule has 1 radical (unpaired) electrons. The Kier molecular flexibility index (Phi) is 5.94. The van der Waals surface area contributed by atoms with E-state index in [1.807, 2.05) is 12.1 Å². The molecule has 25 heavy (non-hydrogen) atoms. The molecule has 3 rings (SSSR count). The van der Waals surface area contributed by atoms with Gasteiger partial charge in [-0.25, -0.2) is 4.79 Å². The third kappa shape index (κ3) is 4.99. The SMILES string of the molecule is COc1ccc(C(=O)Oc2ccc(OCC3CC[CH]CC3)cc2)cc1. The van der Waals surface area contributed by atoms with Crippen LogP contribution in [-0.4, -0.2) is 19.7 Å². The summed E-state index contributed by atoms with van der Waals surface area (Å²) >= 11 is 0. The zero-order valence-electron chi connectivity index (χ0n) is 14.4. The zero-order valence-corrected chi connectivity index (χ0v) is 14.4. The molecule has 0 unspecified atom stereocenters. The van der Waals surface area contributed by atoms with Gasteiger partial charge in [-0.15, -0.1) is 0 Å². The number of esters is 1. The molecule has 1 aliphatic rings. The van der Waals surface area contributed by atoms with Gasteiger partial charge in [0.2, 0.25) is 0 Å². The van der Waals surface area contributed by atoms with Crippen molar-refractivity contribution >= 4 is 5.97 Å². The molecular formula is C21H23O4. The average molecular weight is 339 g/mol. The Bertz CT molecular complexity index is 670. The van der Waals surface area contributed by atoms with E-state index in [4.69, 9.17) is 14.2 Å². The van der Waals surface area contributed by atoms with Crippen molar-refractivity contribution in [1.82, 2.24) is 0 Å². The van der Waals surface area contributed by atoms with Crippen LogP contribution in [-0.2, 0) is 0 Å². The van der Waals surface area contributed by atoms with Crippen LogP contribution in [0.25, 0.3) is 0 Å². The number of hydrogen-bond acceptors (Lipinski definition) is 4. The second kappa shape index (κ2) is 8.56. The van der Waals surface area contributed by atoms with Gasteiger partial charge >= 0.3 is 5.97 Å². The average Bonchev–Trinajstić information content (AvgIpc) is 2.68. The minimum absolute atomic E-state index is 0.394. The largest absolute Gasteiger partial charge is 0.497 e. The standard InChI is InChI=1S/C21H23O4/c1-23-18-9-7-17(8-10-18)21(22)25-20-13-11-19(12-14-20)24-15-16-5-3-2-4-6-16/h2,7-14,16H,3-6,15H2,1H3. The van der Waals surface area contributed by atoms with Gasteiger partial charge in [-0.05, 0) is 86.6 Å². The smallest absolute Gasteiger partial charge is 0.343 e. The molecule has 1 aliphatic carbocycles. The van der Waals surface area contributed by atoms with Gasteiger partial charge in [0.05, 0.1) is 19.3 Å². The lowest BCUT2D eigenvalue weighted by molar-refractivity contribution is 0.0734. The number of carbonyl (C=O) groups is 1. The molecule has 0 N–H and O–H groups in total. The first-order valence-electron chi connectivity index (χ1n) is 8.65. The summed E-state index contributed by atoms with van der Waals surface area (Å²) in [6, 6.07) is 14.0. The Hall–Kier alpha value is -2.49. The fourth-order valence-electron chi connectivity index (χ4n) is 2.87. The summed E-state index contributed by atoms with van der Waals surface area (Å²) in [6.07, 6.45) is 7.14. The predicted octanol–water partition coefficient (Wildman–Crippen LogP) is 4.69. The molecule has 1 fully saturated rings. The van der Waals surface area contributed by atoms with Crippen molar-refractivity contribution in [1.29, 1.82) is 0 Å². The number of carbonyl (C=O) groups excluding carboxylic acids is 1. The van der Waals surface area contributed by atoms with E-state index in [0.717, 1.165) is 12.4 Å². The van der Waals surface area contributed by atoms with Crippen molar-refractivity contribution in [2.75, 3.05) is 13.7 Å². The fourth-order valence-corrected chi connectivity index (χ4v) is 2.87. The maximum atomic E-state index is 12.1. The molecule has 0 atom stereocenters. The lowest BCUT2D eigenvalue weighted by atomic mass is 9.90. The van der Waals surface area contributed by atoms with Crippen molar-refractivity contribution < 1.29 is 19.0 Å². The van der Waals surface area contributed by atoms with Crippen LogP contribution in [0.5, 0.6) is 17.2 Å². The van der Waals surface area contributed by atoms with Crippen molar-refractivity contribution in [2.45, 2.75) is 25.7 Å². The Morgan fingerprint density at radius 1 is 0.920 bits per heavy atom. The summed E-state index contributed by atoms with van der Waals surface area (Å²) in [7, 11) is 1.59. The number of methoxy groups -OCH3 is 1. The predicted molar refractivity (Wildman–Crippen MR) is 96.1 cm³/mol. The normalized spacial score (nSPS) is 14.8. The van der Waals surface area contributed by atoms with Crippen LogP contribution in [0.3, 0.4) is 0 Å². The summed E-state index contributed by atoms with van der Waals surface area (Å²) in [4.78, 5) is 12.1. The topological polar surface area (TPSA) is 44.8 Å². The Morgan fingerprint density at radius 3 is 2.16 bits per heavy atom. The van der Waals surface area contributed by atoms with Gasteiger partial charge in [-0.2, -0.15) is 0 Å². The van der Waals surface area contributed by atoms with Crippen LogP contribution in [0.1, 0.15) is 36.0 Å². The van der Waals surface area contributed by atoms with E-state index < -0.39 is 5.97 Å². The molecule has 0 aliphatic heterocycles. The fraction of sp³-hybridized carbons (Fsp3) is 0.333. The van der Waals surface area contributed by atoms with E-state index in [-0.39, 0.29) is 0 Å². The minimum atomic E-state index is -0.394. The lowest BCUT2D eigenvalue weighted by Gasteiger charge is -2.21. The summed E-state index contributed by atoms with van der Waals surface area (Å²) in [5.41, 5.74) is 0.482. The maximum Gasteiger partial charge on any atom is 0.343 e. The van der Waals surface area contributed by atoms with Gasteiger partial charge in [0.15, 0.2) is 0 Å². The van der Waals surface area contributed by atoms with Crippen LogP contribution in [0.2, 0.25) is 0 Å². The van der Waals surface area contributed by atoms with Gasteiger partial charge < -0.3 is 14.2 Å². The van der Waals surface area contributed by atoms with Crippen LogP contribution < -0.4 is 14.2 Å². The molecule has 0 heterocycles. The number of rotatable bonds is 6. The first kappa shape index (κ1) is 17.3. The molecule has 4 heteroatoms. The van der Waals surface area contributed by atoms with E-state index in [1.165, 1.54) is 25.7 Å². The Labute approximate surface area is 148 Å². The Morgan fingerprint density at radius 2 is 1.52 bits per heavy atom. The maximum absolute atomic E-state index is 12.1. The summed E-state index contributed by atoms with van der Waals surface area (Å²) in [6.45, 7) is 0.749. The third-order valence-electron chi connectivity index (χ3n) is 4.40. The van der Waals surface area contributed by atoms with Crippen LogP contribution in [0.15, 0.2) is 48.5 Å². The lowest BCUT2D eigenvalue weighted by Crippen LogP contribution is -2.15. The summed E-state index contributed by atoms with van der Waals surface area (Å²) in [5.74, 6) is 2.25. The van der Waals surface area contributed by atoms with Gasteiger partial charge in [-0.3, -0.25) is 0 Å². The first-order chi connectivity index (χ1) is 12.2. The highest BCUT2D eigenvalue weighted by Gasteiger charge is 2.14. The molecular weight excluding hydrogens is 316 g/mol. The molecule has 0 aromatic heterocycles. The molecule has 0 saturated heterocycles. The third-order valence-corrected chi connectivity index (χ3v) is 4.40. The van der Waals surface area contributed by atoms with Gasteiger partial charge in [0, 0.05) is 0 Å². The highest BCUT2D eigenvalue weighted by atomic mass is 16.5. The molecule has 0 spiro atoms. The van der Waals surface area contributed by atoms with E-state index in [0.29, 0.717) is 23.0 Å². The van der Waals surface area contributed by atoms with Crippen molar-refractivity contribution in [3.8, 4) is 17.2 Å². The van der Waals surface area contributed by atoms with Crippen molar-refractivity contribution in [3.05, 3.63) is 60.5 Å². The molecule has 4 nitrogen and oxygen atoms in total. The van der Waals surface area contributed by atoms with Crippen LogP contribution in [0.4, 0.5) is 0 Å². The van der Waals surface area contributed by atoms with Crippen LogP contribution >= 0.6 is 0 Å². The highest BCUT2D eigenvalue weighted by molar-refractivity contribution is 5.91. The number of hydrogen-bond donors (Lipinski definition) is 0. The first-order valence-corrected chi connectivity index (χ1v) is 8.65. The second-order valence-corrected chi connectivity index (χ2v) is 6.21. The monoisotopic (exact) mass is 339 g/mol. The number of ether oxygens (including phenoxy) is 3. The van der Waals surface area contributed by atoms with E-state index in [1.54, 1.807) is 43.5 Å². The van der Waals surface area contributed by atoms with Crippen molar-refractivity contribution in [3.63, 3.8) is 0 Å². The van der Waals surface area contributed by atoms with Gasteiger partial charge in [0.1, 0.15) is 17.2 Å². The Balaban J connectivity index is 1.51. The zero-order chi connectivity index (χ0) is 17.5. The summed E-state index contributed by atoms with van der Waals surface area (Å²) < 4.78 is 16.3. The van der Waals surface area contributed by atoms with E-state index >= 15 is 0 Å². The summed E-state index contributed by atoms with van der Waals surface area (Å²) in [5, 5.41) is 0. The molecule has 0 amide bonds. The van der Waals surface area contributed by atoms with Crippen molar-refractivity contribution in [2.24, 2.45) is 5.92 Å². The van der Waals surface area contributed by atoms with Gasteiger partial charge in [0.25, 0.3) is 0 Å². The quantitative estimate of drug-likeness (QED) is 0.566. The molecule has 0 bridgehead atoms. The second-order valence-electron chi connectivity index (χ2n) is 6.21. The molecule has 2 aromatic rings.